The number of rotatable bonds is 4. The second-order valence-corrected chi connectivity index (χ2v) is 6.80. The van der Waals surface area contributed by atoms with Crippen molar-refractivity contribution < 1.29 is 4.79 Å². The lowest BCUT2D eigenvalue weighted by molar-refractivity contribution is 0.232. The zero-order chi connectivity index (χ0) is 16.3. The van der Waals surface area contributed by atoms with Crippen LogP contribution in [-0.2, 0) is 0 Å². The van der Waals surface area contributed by atoms with Gasteiger partial charge in [-0.25, -0.2) is 4.79 Å². The van der Waals surface area contributed by atoms with E-state index in [2.05, 4.69) is 30.9 Å². The number of carbonyl (C=O) groups is 1. The third-order valence-electron chi connectivity index (χ3n) is 2.52. The summed E-state index contributed by atoms with van der Waals surface area (Å²) in [5.74, 6) is 0.912. The first kappa shape index (κ1) is 16.3. The maximum absolute atomic E-state index is 11.6. The Labute approximate surface area is 131 Å². The number of hydrogen-bond donors (Lipinski definition) is 3. The van der Waals surface area contributed by atoms with Gasteiger partial charge in [-0.1, -0.05) is 11.8 Å². The van der Waals surface area contributed by atoms with Crippen LogP contribution in [0, 0.1) is 6.92 Å². The van der Waals surface area contributed by atoms with E-state index >= 15 is 0 Å². The fourth-order valence-electron chi connectivity index (χ4n) is 1.60. The Hall–Kier alpha value is -2.10. The van der Waals surface area contributed by atoms with Crippen LogP contribution in [0.25, 0.3) is 5.78 Å². The summed E-state index contributed by atoms with van der Waals surface area (Å²) in [4.78, 5) is 25.6. The number of nitrogens with zero attached hydrogens (tertiary/aromatic N) is 4. The zero-order valence-corrected chi connectivity index (χ0v) is 13.7. The van der Waals surface area contributed by atoms with Crippen molar-refractivity contribution in [3.8, 4) is 0 Å². The molecule has 0 aliphatic carbocycles. The van der Waals surface area contributed by atoms with E-state index in [-0.39, 0.29) is 17.1 Å². The van der Waals surface area contributed by atoms with E-state index in [1.807, 2.05) is 20.8 Å². The number of nitrogens with one attached hydrogen (secondary N) is 3. The standard InChI is InChI=1S/C12H19N7O2S/c1-7-8(20)14-9-16-17-11(19(9)18-7)22-6-5-13-10(21)15-12(2,3)4/h5-6H2,1-4H3,(H2,13,15,21)(H,14,16,20). The molecular weight excluding hydrogens is 306 g/mol. The van der Waals surface area contributed by atoms with Gasteiger partial charge in [0.05, 0.1) is 0 Å². The maximum atomic E-state index is 11.6. The third kappa shape index (κ3) is 4.20. The molecule has 0 spiro atoms. The molecule has 0 unspecified atom stereocenters. The fraction of sp³-hybridized carbons (Fsp3) is 0.583. The Morgan fingerprint density at radius 3 is 2.77 bits per heavy atom. The Morgan fingerprint density at radius 1 is 1.36 bits per heavy atom. The second kappa shape index (κ2) is 6.34. The van der Waals surface area contributed by atoms with Gasteiger partial charge < -0.3 is 10.6 Å². The van der Waals surface area contributed by atoms with E-state index in [9.17, 15) is 9.59 Å². The van der Waals surface area contributed by atoms with Crippen LogP contribution in [0.15, 0.2) is 9.95 Å². The molecule has 0 fully saturated rings. The Bertz CT molecular complexity index is 731. The van der Waals surface area contributed by atoms with E-state index in [1.165, 1.54) is 16.3 Å². The molecule has 2 heterocycles. The molecule has 0 radical (unpaired) electrons. The first-order chi connectivity index (χ1) is 10.3. The van der Waals surface area contributed by atoms with Crippen molar-refractivity contribution in [3.63, 3.8) is 0 Å². The van der Waals surface area contributed by atoms with Crippen molar-refractivity contribution in [2.75, 3.05) is 12.3 Å². The molecule has 2 aromatic rings. The topological polar surface area (TPSA) is 117 Å². The van der Waals surface area contributed by atoms with Crippen molar-refractivity contribution in [2.24, 2.45) is 0 Å². The molecule has 3 N–H and O–H groups in total. The number of carbonyl (C=O) groups excluding carboxylic acids is 1. The largest absolute Gasteiger partial charge is 0.337 e. The van der Waals surface area contributed by atoms with Gasteiger partial charge in [-0.15, -0.1) is 10.2 Å². The van der Waals surface area contributed by atoms with Gasteiger partial charge in [-0.3, -0.25) is 9.78 Å². The van der Waals surface area contributed by atoms with Gasteiger partial charge in [-0.05, 0) is 27.7 Å². The number of fused-ring (bicyclic) bond motifs is 1. The fourth-order valence-corrected chi connectivity index (χ4v) is 2.34. The van der Waals surface area contributed by atoms with E-state index in [0.29, 0.717) is 28.9 Å². The minimum Gasteiger partial charge on any atom is -0.337 e. The molecule has 120 valence electrons. The lowest BCUT2D eigenvalue weighted by atomic mass is 10.1. The minimum atomic E-state index is -0.281. The molecule has 0 saturated carbocycles. The van der Waals surface area contributed by atoms with E-state index in [1.54, 1.807) is 6.92 Å². The zero-order valence-electron chi connectivity index (χ0n) is 12.9. The van der Waals surface area contributed by atoms with Gasteiger partial charge in [0, 0.05) is 17.8 Å². The number of H-pyrrole nitrogens is 1. The highest BCUT2D eigenvalue weighted by molar-refractivity contribution is 7.99. The van der Waals surface area contributed by atoms with Crippen LogP contribution in [0.3, 0.4) is 0 Å². The van der Waals surface area contributed by atoms with Crippen LogP contribution < -0.4 is 16.2 Å². The minimum absolute atomic E-state index is 0.211. The van der Waals surface area contributed by atoms with Crippen LogP contribution in [0.2, 0.25) is 0 Å². The molecule has 2 rings (SSSR count). The van der Waals surface area contributed by atoms with E-state index < -0.39 is 0 Å². The Balaban J connectivity index is 1.89. The Morgan fingerprint density at radius 2 is 2.09 bits per heavy atom. The van der Waals surface area contributed by atoms with E-state index in [4.69, 9.17) is 0 Å². The molecule has 0 aliphatic heterocycles. The SMILES string of the molecule is Cc1nn2c(SCCNC(=O)NC(C)(C)C)nnc2[nH]c1=O. The highest BCUT2D eigenvalue weighted by Gasteiger charge is 2.13. The summed E-state index contributed by atoms with van der Waals surface area (Å²) >= 11 is 1.39. The summed E-state index contributed by atoms with van der Waals surface area (Å²) in [5.41, 5.74) is -0.206. The second-order valence-electron chi connectivity index (χ2n) is 5.74. The van der Waals surface area contributed by atoms with Crippen molar-refractivity contribution >= 4 is 23.6 Å². The van der Waals surface area contributed by atoms with Gasteiger partial charge in [0.15, 0.2) is 0 Å². The normalized spacial score (nSPS) is 11.6. The van der Waals surface area contributed by atoms with Gasteiger partial charge in [0.25, 0.3) is 11.3 Å². The van der Waals surface area contributed by atoms with E-state index in [0.717, 1.165) is 0 Å². The smallest absolute Gasteiger partial charge is 0.315 e. The molecule has 2 amide bonds. The van der Waals surface area contributed by atoms with Gasteiger partial charge in [0.2, 0.25) is 5.16 Å². The average molecular weight is 325 g/mol. The van der Waals surface area contributed by atoms with Crippen LogP contribution in [0.5, 0.6) is 0 Å². The molecule has 9 nitrogen and oxygen atoms in total. The number of urea groups is 1. The number of hydrogen-bond acceptors (Lipinski definition) is 6. The molecule has 10 heteroatoms. The van der Waals surface area contributed by atoms with Crippen LogP contribution in [0.1, 0.15) is 26.5 Å². The molecule has 0 atom stereocenters. The lowest BCUT2D eigenvalue weighted by Crippen LogP contribution is -2.46. The molecule has 22 heavy (non-hydrogen) atoms. The van der Waals surface area contributed by atoms with Crippen molar-refractivity contribution in [1.29, 1.82) is 0 Å². The third-order valence-corrected chi connectivity index (χ3v) is 3.44. The van der Waals surface area contributed by atoms with Gasteiger partial charge >= 0.3 is 6.03 Å². The van der Waals surface area contributed by atoms with Crippen LogP contribution >= 0.6 is 11.8 Å². The molecule has 0 saturated heterocycles. The molecular formula is C12H19N7O2S. The number of thioether (sulfide) groups is 1. The molecule has 0 aliphatic rings. The number of aromatic nitrogens is 5. The first-order valence-electron chi connectivity index (χ1n) is 6.77. The predicted molar refractivity (Wildman–Crippen MR) is 83.2 cm³/mol. The van der Waals surface area contributed by atoms with Gasteiger partial charge in [0.1, 0.15) is 5.69 Å². The van der Waals surface area contributed by atoms with Crippen LogP contribution in [-0.4, -0.2) is 48.7 Å². The van der Waals surface area contributed by atoms with Crippen molar-refractivity contribution in [1.82, 2.24) is 35.4 Å². The average Bonchev–Trinajstić information content (AvgIpc) is 2.76. The monoisotopic (exact) mass is 325 g/mol. The summed E-state index contributed by atoms with van der Waals surface area (Å²) < 4.78 is 1.48. The first-order valence-corrected chi connectivity index (χ1v) is 7.76. The molecule has 0 bridgehead atoms. The summed E-state index contributed by atoms with van der Waals surface area (Å²) in [6, 6.07) is -0.211. The summed E-state index contributed by atoms with van der Waals surface area (Å²) in [5, 5.41) is 18.1. The number of aryl methyl sites for hydroxylation is 1. The summed E-state index contributed by atoms with van der Waals surface area (Å²) in [7, 11) is 0. The quantitative estimate of drug-likeness (QED) is 0.550. The predicted octanol–water partition coefficient (Wildman–Crippen LogP) is 0.311. The van der Waals surface area contributed by atoms with Crippen LogP contribution in [0.4, 0.5) is 4.79 Å². The highest BCUT2D eigenvalue weighted by Crippen LogP contribution is 2.13. The lowest BCUT2D eigenvalue weighted by Gasteiger charge is -2.20. The number of aromatic amines is 1. The van der Waals surface area contributed by atoms with Crippen molar-refractivity contribution in [3.05, 3.63) is 16.0 Å². The molecule has 0 aromatic carbocycles. The molecule has 2 aromatic heterocycles. The summed E-state index contributed by atoms with van der Waals surface area (Å²) in [6.07, 6.45) is 0. The number of amides is 2. The maximum Gasteiger partial charge on any atom is 0.315 e. The Kier molecular flexibility index (Phi) is 4.69. The van der Waals surface area contributed by atoms with Crippen molar-refractivity contribution in [2.45, 2.75) is 38.4 Å². The highest BCUT2D eigenvalue weighted by atomic mass is 32.2. The summed E-state index contributed by atoms with van der Waals surface area (Å²) in [6.45, 7) is 7.84. The van der Waals surface area contributed by atoms with Gasteiger partial charge in [-0.2, -0.15) is 9.61 Å².